The Labute approximate surface area is 107 Å². The zero-order valence-corrected chi connectivity index (χ0v) is 10.1. The summed E-state index contributed by atoms with van der Waals surface area (Å²) in [5.41, 5.74) is -0.510. The van der Waals surface area contributed by atoms with Gasteiger partial charge in [0.15, 0.2) is 0 Å². The van der Waals surface area contributed by atoms with Crippen molar-refractivity contribution >= 4 is 5.91 Å². The van der Waals surface area contributed by atoms with Crippen LogP contribution in [0.4, 0.5) is 17.6 Å². The Morgan fingerprint density at radius 3 is 2.11 bits per heavy atom. The monoisotopic (exact) mass is 275 g/mol. The first kappa shape index (κ1) is 13.8. The molecule has 1 amide bonds. The first-order chi connectivity index (χ1) is 8.83. The predicted octanol–water partition coefficient (Wildman–Crippen LogP) is 3.27. The summed E-state index contributed by atoms with van der Waals surface area (Å²) in [6, 6.07) is 5.24. The van der Waals surface area contributed by atoms with Crippen molar-refractivity contribution in [2.45, 2.75) is 37.4 Å². The normalized spacial score (nSPS) is 18.3. The second-order valence-corrected chi connectivity index (χ2v) is 4.75. The number of carbonyl (C=O) groups is 1. The molecule has 0 atom stereocenters. The molecule has 1 aliphatic rings. The van der Waals surface area contributed by atoms with Crippen LogP contribution in [0, 0.1) is 5.82 Å². The Bertz CT molecular complexity index is 461. The van der Waals surface area contributed by atoms with Crippen molar-refractivity contribution in [2.75, 3.05) is 0 Å². The summed E-state index contributed by atoms with van der Waals surface area (Å²) in [6.07, 6.45) is -2.58. The molecule has 0 aromatic heterocycles. The van der Waals surface area contributed by atoms with Crippen molar-refractivity contribution in [3.05, 3.63) is 35.6 Å². The second kappa shape index (κ2) is 4.83. The maximum Gasteiger partial charge on any atom is 0.471 e. The van der Waals surface area contributed by atoms with Gasteiger partial charge >= 0.3 is 12.1 Å². The lowest BCUT2D eigenvalue weighted by molar-refractivity contribution is -0.175. The van der Waals surface area contributed by atoms with Crippen molar-refractivity contribution in [1.82, 2.24) is 5.32 Å². The largest absolute Gasteiger partial charge is 0.471 e. The number of benzene rings is 1. The van der Waals surface area contributed by atoms with Crippen LogP contribution >= 0.6 is 0 Å². The van der Waals surface area contributed by atoms with Gasteiger partial charge in [0.1, 0.15) is 5.82 Å². The molecule has 1 N–H and O–H groups in total. The fourth-order valence-electron chi connectivity index (χ4n) is 2.52. The SMILES string of the molecule is O=C(NC1(c2ccc(F)cc2)CCCC1)C(F)(F)F. The first-order valence-electron chi connectivity index (χ1n) is 5.99. The minimum atomic E-state index is -4.91. The standard InChI is InChI=1S/C13H13F4NO/c14-10-5-3-9(4-6-10)12(7-1-2-8-12)18-11(19)13(15,16)17/h3-6H,1-2,7-8H2,(H,18,19). The fraction of sp³-hybridized carbons (Fsp3) is 0.462. The summed E-state index contributed by atoms with van der Waals surface area (Å²) in [7, 11) is 0. The molecule has 1 aliphatic carbocycles. The zero-order valence-electron chi connectivity index (χ0n) is 10.1. The van der Waals surface area contributed by atoms with Crippen LogP contribution in [0.25, 0.3) is 0 Å². The predicted molar refractivity (Wildman–Crippen MR) is 60.7 cm³/mol. The Balaban J connectivity index is 2.28. The third kappa shape index (κ3) is 2.88. The molecule has 2 rings (SSSR count). The van der Waals surface area contributed by atoms with E-state index in [-0.39, 0.29) is 0 Å². The van der Waals surface area contributed by atoms with E-state index in [0.717, 1.165) is 12.8 Å². The lowest BCUT2D eigenvalue weighted by Crippen LogP contribution is -2.49. The molecule has 0 bridgehead atoms. The Morgan fingerprint density at radius 1 is 1.11 bits per heavy atom. The van der Waals surface area contributed by atoms with Crippen LogP contribution in [0.2, 0.25) is 0 Å². The van der Waals surface area contributed by atoms with Crippen LogP contribution in [0.3, 0.4) is 0 Å². The summed E-state index contributed by atoms with van der Waals surface area (Å²) in [6.45, 7) is 0. The molecular weight excluding hydrogens is 262 g/mol. The Kier molecular flexibility index (Phi) is 3.52. The number of amides is 1. The van der Waals surface area contributed by atoms with Crippen molar-refractivity contribution in [3.63, 3.8) is 0 Å². The summed E-state index contributed by atoms with van der Waals surface area (Å²) < 4.78 is 50.0. The van der Waals surface area contributed by atoms with Gasteiger partial charge in [0.05, 0.1) is 5.54 Å². The van der Waals surface area contributed by atoms with E-state index in [2.05, 4.69) is 5.32 Å². The van der Waals surface area contributed by atoms with Crippen molar-refractivity contribution in [1.29, 1.82) is 0 Å². The number of hydrogen-bond acceptors (Lipinski definition) is 1. The van der Waals surface area contributed by atoms with Gasteiger partial charge in [-0.1, -0.05) is 25.0 Å². The number of halogens is 4. The van der Waals surface area contributed by atoms with Gasteiger partial charge in [-0.3, -0.25) is 4.79 Å². The van der Waals surface area contributed by atoms with Crippen molar-refractivity contribution < 1.29 is 22.4 Å². The van der Waals surface area contributed by atoms with Gasteiger partial charge in [-0.15, -0.1) is 0 Å². The summed E-state index contributed by atoms with van der Waals surface area (Å²) in [5, 5.41) is 2.08. The van der Waals surface area contributed by atoms with Crippen LogP contribution in [-0.2, 0) is 10.3 Å². The van der Waals surface area contributed by atoms with Crippen molar-refractivity contribution in [2.24, 2.45) is 0 Å². The smallest absolute Gasteiger partial charge is 0.339 e. The van der Waals surface area contributed by atoms with Gasteiger partial charge in [0, 0.05) is 0 Å². The molecule has 0 radical (unpaired) electrons. The molecule has 1 saturated carbocycles. The van der Waals surface area contributed by atoms with E-state index in [9.17, 15) is 22.4 Å². The minimum Gasteiger partial charge on any atom is -0.339 e. The molecule has 0 heterocycles. The number of nitrogens with one attached hydrogen (secondary N) is 1. The molecule has 6 heteroatoms. The summed E-state index contributed by atoms with van der Waals surface area (Å²) in [4.78, 5) is 11.2. The lowest BCUT2D eigenvalue weighted by Gasteiger charge is -2.31. The van der Waals surface area contributed by atoms with Crippen LogP contribution in [-0.4, -0.2) is 12.1 Å². The highest BCUT2D eigenvalue weighted by atomic mass is 19.4. The van der Waals surface area contributed by atoms with Crippen LogP contribution in [0.15, 0.2) is 24.3 Å². The highest BCUT2D eigenvalue weighted by Gasteiger charge is 2.45. The topological polar surface area (TPSA) is 29.1 Å². The third-order valence-corrected chi connectivity index (χ3v) is 3.46. The second-order valence-electron chi connectivity index (χ2n) is 4.75. The Hall–Kier alpha value is -1.59. The highest BCUT2D eigenvalue weighted by Crippen LogP contribution is 2.39. The zero-order chi connectivity index (χ0) is 14.1. The molecule has 0 aliphatic heterocycles. The highest BCUT2D eigenvalue weighted by molar-refractivity contribution is 5.82. The van der Waals surface area contributed by atoms with Gasteiger partial charge in [0.25, 0.3) is 0 Å². The van der Waals surface area contributed by atoms with Crippen LogP contribution < -0.4 is 5.32 Å². The lowest BCUT2D eigenvalue weighted by atomic mass is 9.88. The number of alkyl halides is 3. The molecule has 104 valence electrons. The van der Waals surface area contributed by atoms with E-state index in [1.165, 1.54) is 24.3 Å². The maximum atomic E-state index is 12.9. The van der Waals surface area contributed by atoms with Crippen LogP contribution in [0.5, 0.6) is 0 Å². The molecule has 0 unspecified atom stereocenters. The average Bonchev–Trinajstić information content (AvgIpc) is 2.78. The van der Waals surface area contributed by atoms with E-state index in [1.54, 1.807) is 0 Å². The molecule has 1 fully saturated rings. The van der Waals surface area contributed by atoms with Crippen LogP contribution in [0.1, 0.15) is 31.2 Å². The summed E-state index contributed by atoms with van der Waals surface area (Å²) >= 11 is 0. The number of hydrogen-bond donors (Lipinski definition) is 1. The van der Waals surface area contributed by atoms with E-state index in [0.29, 0.717) is 18.4 Å². The molecule has 0 saturated heterocycles. The molecule has 2 nitrogen and oxygen atoms in total. The first-order valence-corrected chi connectivity index (χ1v) is 5.99. The van der Waals surface area contributed by atoms with E-state index >= 15 is 0 Å². The number of carbonyl (C=O) groups excluding carboxylic acids is 1. The molecule has 19 heavy (non-hydrogen) atoms. The van der Waals surface area contributed by atoms with E-state index in [1.807, 2.05) is 0 Å². The van der Waals surface area contributed by atoms with Gasteiger partial charge in [-0.05, 0) is 30.5 Å². The third-order valence-electron chi connectivity index (χ3n) is 3.46. The van der Waals surface area contributed by atoms with Gasteiger partial charge in [-0.2, -0.15) is 13.2 Å². The van der Waals surface area contributed by atoms with Crippen molar-refractivity contribution in [3.8, 4) is 0 Å². The maximum absolute atomic E-state index is 12.9. The molecule has 1 aromatic carbocycles. The van der Waals surface area contributed by atoms with Gasteiger partial charge in [0.2, 0.25) is 0 Å². The van der Waals surface area contributed by atoms with Gasteiger partial charge < -0.3 is 5.32 Å². The molecular formula is C13H13F4NO. The van der Waals surface area contributed by atoms with E-state index < -0.39 is 23.4 Å². The number of rotatable bonds is 2. The molecule has 0 spiro atoms. The van der Waals surface area contributed by atoms with E-state index in [4.69, 9.17) is 0 Å². The molecule has 1 aromatic rings. The summed E-state index contributed by atoms with van der Waals surface area (Å²) in [5.74, 6) is -2.40. The average molecular weight is 275 g/mol. The quantitative estimate of drug-likeness (QED) is 0.825. The minimum absolute atomic E-state index is 0.431. The van der Waals surface area contributed by atoms with Gasteiger partial charge in [-0.25, -0.2) is 4.39 Å². The Morgan fingerprint density at radius 2 is 1.63 bits per heavy atom. The fourth-order valence-corrected chi connectivity index (χ4v) is 2.52.